The van der Waals surface area contributed by atoms with Crippen LogP contribution in [0.3, 0.4) is 0 Å². The first-order chi connectivity index (χ1) is 6.98. The molecule has 1 aliphatic heterocycles. The van der Waals surface area contributed by atoms with Crippen LogP contribution in [0.25, 0.3) is 0 Å². The molecule has 0 atom stereocenters. The third-order valence-electron chi connectivity index (χ3n) is 2.63. The molecule has 2 rings (SSSR count). The molecule has 0 aliphatic carbocycles. The molecule has 1 aliphatic rings. The minimum absolute atomic E-state index is 0.00390. The molecule has 15 heavy (non-hydrogen) atoms. The van der Waals surface area contributed by atoms with Crippen LogP contribution in [0.4, 0.5) is 0 Å². The fourth-order valence-corrected chi connectivity index (χ4v) is 1.71. The van der Waals surface area contributed by atoms with E-state index in [1.807, 2.05) is 12.1 Å². The van der Waals surface area contributed by atoms with Crippen molar-refractivity contribution in [1.29, 1.82) is 0 Å². The molecule has 2 heterocycles. The van der Waals surface area contributed by atoms with Crippen LogP contribution in [0.1, 0.15) is 42.5 Å². The van der Waals surface area contributed by atoms with Crippen molar-refractivity contribution >= 4 is 5.91 Å². The summed E-state index contributed by atoms with van der Waals surface area (Å²) < 4.78 is 0. The Morgan fingerprint density at radius 1 is 1.33 bits per heavy atom. The van der Waals surface area contributed by atoms with Gasteiger partial charge in [0.25, 0.3) is 5.91 Å². The van der Waals surface area contributed by atoms with Gasteiger partial charge in [0.1, 0.15) is 0 Å². The number of nitrogens with zero attached hydrogens (tertiary/aromatic N) is 1. The van der Waals surface area contributed by atoms with Crippen molar-refractivity contribution in [2.24, 2.45) is 0 Å². The molecule has 3 nitrogen and oxygen atoms in total. The number of rotatable bonds is 0. The summed E-state index contributed by atoms with van der Waals surface area (Å²) in [7, 11) is 0. The van der Waals surface area contributed by atoms with Crippen LogP contribution in [-0.2, 0) is 11.8 Å². The second-order valence-electron chi connectivity index (χ2n) is 4.95. The number of aromatic nitrogens is 1. The second kappa shape index (κ2) is 3.33. The quantitative estimate of drug-likeness (QED) is 0.698. The lowest BCUT2D eigenvalue weighted by Gasteiger charge is -2.22. The van der Waals surface area contributed by atoms with E-state index < -0.39 is 0 Å². The number of hydrogen-bond acceptors (Lipinski definition) is 2. The van der Waals surface area contributed by atoms with Gasteiger partial charge in [0.2, 0.25) is 0 Å². The molecule has 1 N–H and O–H groups in total. The van der Waals surface area contributed by atoms with Crippen LogP contribution >= 0.6 is 0 Å². The van der Waals surface area contributed by atoms with Crippen molar-refractivity contribution in [1.82, 2.24) is 10.3 Å². The van der Waals surface area contributed by atoms with E-state index in [4.69, 9.17) is 0 Å². The number of nitrogens with one attached hydrogen (secondary N) is 1. The normalized spacial score (nSPS) is 15.8. The van der Waals surface area contributed by atoms with Crippen molar-refractivity contribution in [3.63, 3.8) is 0 Å². The van der Waals surface area contributed by atoms with Gasteiger partial charge in [0, 0.05) is 24.1 Å². The van der Waals surface area contributed by atoms with E-state index in [1.54, 1.807) is 0 Å². The minimum atomic E-state index is 0.00390. The topological polar surface area (TPSA) is 42.0 Å². The summed E-state index contributed by atoms with van der Waals surface area (Å²) in [4.78, 5) is 16.1. The average molecular weight is 204 g/mol. The lowest BCUT2D eigenvalue weighted by atomic mass is 9.90. The molecule has 0 saturated carbocycles. The van der Waals surface area contributed by atoms with Gasteiger partial charge in [-0.25, -0.2) is 0 Å². The van der Waals surface area contributed by atoms with Crippen molar-refractivity contribution < 1.29 is 4.79 Å². The van der Waals surface area contributed by atoms with Gasteiger partial charge in [0.15, 0.2) is 0 Å². The largest absolute Gasteiger partial charge is 0.352 e. The lowest BCUT2D eigenvalue weighted by Crippen LogP contribution is -2.33. The molecule has 0 saturated heterocycles. The Balaban J connectivity index is 2.46. The maximum absolute atomic E-state index is 11.5. The molecule has 3 heteroatoms. The van der Waals surface area contributed by atoms with E-state index in [2.05, 4.69) is 31.1 Å². The molecule has 0 fully saturated rings. The van der Waals surface area contributed by atoms with Crippen LogP contribution in [0, 0.1) is 0 Å². The van der Waals surface area contributed by atoms with E-state index in [9.17, 15) is 4.79 Å². The maximum Gasteiger partial charge on any atom is 0.253 e. The number of carbonyl (C=O) groups is 1. The predicted octanol–water partition coefficient (Wildman–Crippen LogP) is 1.66. The predicted molar refractivity (Wildman–Crippen MR) is 59.0 cm³/mol. The summed E-state index contributed by atoms with van der Waals surface area (Å²) >= 11 is 0. The van der Waals surface area contributed by atoms with Crippen LogP contribution in [0.15, 0.2) is 12.1 Å². The Kier molecular flexibility index (Phi) is 2.25. The Hall–Kier alpha value is -1.38. The van der Waals surface area contributed by atoms with Crippen LogP contribution in [-0.4, -0.2) is 17.4 Å². The van der Waals surface area contributed by atoms with Crippen molar-refractivity contribution in [2.75, 3.05) is 6.54 Å². The third-order valence-corrected chi connectivity index (χ3v) is 2.63. The molecule has 80 valence electrons. The molecular weight excluding hydrogens is 188 g/mol. The standard InChI is InChI=1S/C12H16N2O/c1-12(2,3)10-5-4-8-9(14-10)6-7-13-11(8)15/h4-5H,6-7H2,1-3H3,(H,13,15). The third kappa shape index (κ3) is 1.87. The van der Waals surface area contributed by atoms with Crippen molar-refractivity contribution in [2.45, 2.75) is 32.6 Å². The number of amides is 1. The number of carbonyl (C=O) groups excluding carboxylic acids is 1. The summed E-state index contributed by atoms with van der Waals surface area (Å²) in [6.45, 7) is 7.09. The maximum atomic E-state index is 11.5. The molecule has 0 unspecified atom stereocenters. The van der Waals surface area contributed by atoms with Crippen molar-refractivity contribution in [3.05, 3.63) is 29.1 Å². The van der Waals surface area contributed by atoms with E-state index in [0.717, 1.165) is 23.4 Å². The zero-order chi connectivity index (χ0) is 11.1. The Morgan fingerprint density at radius 2 is 2.07 bits per heavy atom. The van der Waals surface area contributed by atoms with Gasteiger partial charge in [-0.05, 0) is 12.1 Å². The van der Waals surface area contributed by atoms with Crippen LogP contribution < -0.4 is 5.32 Å². The fourth-order valence-electron chi connectivity index (χ4n) is 1.71. The molecule has 0 aromatic carbocycles. The summed E-state index contributed by atoms with van der Waals surface area (Å²) in [5.74, 6) is 0.00390. The monoisotopic (exact) mass is 204 g/mol. The van der Waals surface area contributed by atoms with Gasteiger partial charge >= 0.3 is 0 Å². The van der Waals surface area contributed by atoms with Gasteiger partial charge in [-0.15, -0.1) is 0 Å². The second-order valence-corrected chi connectivity index (χ2v) is 4.95. The Labute approximate surface area is 89.9 Å². The zero-order valence-corrected chi connectivity index (χ0v) is 9.42. The fraction of sp³-hybridized carbons (Fsp3) is 0.500. The van der Waals surface area contributed by atoms with Crippen LogP contribution in [0.5, 0.6) is 0 Å². The van der Waals surface area contributed by atoms with E-state index in [1.165, 1.54) is 0 Å². The summed E-state index contributed by atoms with van der Waals surface area (Å²) in [6, 6.07) is 3.83. The molecule has 0 bridgehead atoms. The van der Waals surface area contributed by atoms with E-state index in [-0.39, 0.29) is 11.3 Å². The van der Waals surface area contributed by atoms with Gasteiger partial charge < -0.3 is 5.32 Å². The smallest absolute Gasteiger partial charge is 0.253 e. The van der Waals surface area contributed by atoms with Crippen molar-refractivity contribution in [3.8, 4) is 0 Å². The van der Waals surface area contributed by atoms with Crippen LogP contribution in [0.2, 0.25) is 0 Å². The molecule has 0 spiro atoms. The molecular formula is C12H16N2O. The van der Waals surface area contributed by atoms with E-state index in [0.29, 0.717) is 6.54 Å². The highest BCUT2D eigenvalue weighted by atomic mass is 16.1. The average Bonchev–Trinajstić information content (AvgIpc) is 2.16. The highest BCUT2D eigenvalue weighted by molar-refractivity contribution is 5.96. The summed E-state index contributed by atoms with van der Waals surface area (Å²) in [5.41, 5.74) is 2.76. The minimum Gasteiger partial charge on any atom is -0.352 e. The van der Waals surface area contributed by atoms with Gasteiger partial charge in [-0.3, -0.25) is 9.78 Å². The summed E-state index contributed by atoms with van der Waals surface area (Å²) in [5, 5.41) is 2.82. The van der Waals surface area contributed by atoms with Gasteiger partial charge in [0.05, 0.1) is 11.3 Å². The zero-order valence-electron chi connectivity index (χ0n) is 9.42. The summed E-state index contributed by atoms with van der Waals surface area (Å²) in [6.07, 6.45) is 0.838. The molecule has 1 aromatic rings. The Morgan fingerprint density at radius 3 is 2.73 bits per heavy atom. The molecule has 0 radical (unpaired) electrons. The van der Waals surface area contributed by atoms with Gasteiger partial charge in [-0.1, -0.05) is 20.8 Å². The first-order valence-electron chi connectivity index (χ1n) is 5.27. The highest BCUT2D eigenvalue weighted by Crippen LogP contribution is 2.22. The SMILES string of the molecule is CC(C)(C)c1ccc2c(n1)CCNC2=O. The first kappa shape index (κ1) is 10.1. The Bertz CT molecular complexity index is 405. The first-order valence-corrected chi connectivity index (χ1v) is 5.27. The molecule has 1 aromatic heterocycles. The number of fused-ring (bicyclic) bond motifs is 1. The highest BCUT2D eigenvalue weighted by Gasteiger charge is 2.21. The lowest BCUT2D eigenvalue weighted by molar-refractivity contribution is 0.0945. The molecule has 1 amide bonds. The number of hydrogen-bond donors (Lipinski definition) is 1. The van der Waals surface area contributed by atoms with E-state index >= 15 is 0 Å². The number of pyridine rings is 1. The van der Waals surface area contributed by atoms with Gasteiger partial charge in [-0.2, -0.15) is 0 Å².